The summed E-state index contributed by atoms with van der Waals surface area (Å²) in [5.41, 5.74) is 1.81. The standard InChI is InChI=1S/C14H19N3O3S/c1-11-9-13(20-17-11)10-16-21(18,19)14-5-3-12(4-6-14)7-8-15-2/h3-6,9,15-16H,7-8,10H2,1-2H3. The van der Waals surface area contributed by atoms with E-state index >= 15 is 0 Å². The molecule has 21 heavy (non-hydrogen) atoms. The molecular formula is C14H19N3O3S. The van der Waals surface area contributed by atoms with Crippen LogP contribution >= 0.6 is 0 Å². The zero-order chi connectivity index (χ0) is 15.3. The smallest absolute Gasteiger partial charge is 0.240 e. The molecule has 0 saturated heterocycles. The van der Waals surface area contributed by atoms with Crippen LogP contribution in [0.1, 0.15) is 17.0 Å². The number of likely N-dealkylation sites (N-methyl/N-ethyl adjacent to an activating group) is 1. The number of sulfonamides is 1. The fourth-order valence-corrected chi connectivity index (χ4v) is 2.85. The number of rotatable bonds is 7. The highest BCUT2D eigenvalue weighted by Crippen LogP contribution is 2.12. The highest BCUT2D eigenvalue weighted by Gasteiger charge is 2.14. The summed E-state index contributed by atoms with van der Waals surface area (Å²) in [6, 6.07) is 8.57. The van der Waals surface area contributed by atoms with Gasteiger partial charge in [0.15, 0.2) is 5.76 Å². The molecule has 1 aromatic carbocycles. The van der Waals surface area contributed by atoms with E-state index in [0.717, 1.165) is 24.2 Å². The molecule has 0 unspecified atom stereocenters. The van der Waals surface area contributed by atoms with Gasteiger partial charge in [0.2, 0.25) is 10.0 Å². The lowest BCUT2D eigenvalue weighted by molar-refractivity contribution is 0.377. The Labute approximate surface area is 124 Å². The Morgan fingerprint density at radius 2 is 1.95 bits per heavy atom. The zero-order valence-corrected chi connectivity index (χ0v) is 12.9. The number of aromatic nitrogens is 1. The van der Waals surface area contributed by atoms with E-state index in [-0.39, 0.29) is 11.4 Å². The topological polar surface area (TPSA) is 84.2 Å². The first-order valence-corrected chi connectivity index (χ1v) is 8.15. The Kier molecular flexibility index (Phi) is 5.11. The van der Waals surface area contributed by atoms with E-state index in [1.165, 1.54) is 0 Å². The Morgan fingerprint density at radius 3 is 2.52 bits per heavy atom. The quantitative estimate of drug-likeness (QED) is 0.803. The minimum Gasteiger partial charge on any atom is -0.360 e. The molecule has 0 amide bonds. The monoisotopic (exact) mass is 309 g/mol. The van der Waals surface area contributed by atoms with Crippen molar-refractivity contribution >= 4 is 10.0 Å². The number of benzene rings is 1. The van der Waals surface area contributed by atoms with E-state index < -0.39 is 10.0 Å². The predicted octanol–water partition coefficient (Wildman–Crippen LogP) is 1.22. The fraction of sp³-hybridized carbons (Fsp3) is 0.357. The van der Waals surface area contributed by atoms with Crippen molar-refractivity contribution in [1.82, 2.24) is 15.2 Å². The van der Waals surface area contributed by atoms with Gasteiger partial charge in [0.1, 0.15) is 0 Å². The van der Waals surface area contributed by atoms with Crippen LogP contribution in [0.5, 0.6) is 0 Å². The van der Waals surface area contributed by atoms with Crippen molar-refractivity contribution in [1.29, 1.82) is 0 Å². The highest BCUT2D eigenvalue weighted by molar-refractivity contribution is 7.89. The predicted molar refractivity (Wildman–Crippen MR) is 79.3 cm³/mol. The Bertz CT molecular complexity index is 678. The summed E-state index contributed by atoms with van der Waals surface area (Å²) in [6.45, 7) is 2.73. The van der Waals surface area contributed by atoms with Gasteiger partial charge in [-0.05, 0) is 44.6 Å². The van der Waals surface area contributed by atoms with E-state index in [2.05, 4.69) is 15.2 Å². The van der Waals surface area contributed by atoms with Gasteiger partial charge in [-0.2, -0.15) is 0 Å². The maximum absolute atomic E-state index is 12.2. The van der Waals surface area contributed by atoms with Gasteiger partial charge in [-0.25, -0.2) is 13.1 Å². The van der Waals surface area contributed by atoms with Crippen LogP contribution in [0.15, 0.2) is 39.8 Å². The van der Waals surface area contributed by atoms with E-state index in [1.54, 1.807) is 25.1 Å². The van der Waals surface area contributed by atoms with Crippen molar-refractivity contribution in [2.45, 2.75) is 24.8 Å². The molecule has 114 valence electrons. The molecule has 0 aliphatic rings. The number of hydrogen-bond acceptors (Lipinski definition) is 5. The summed E-state index contributed by atoms with van der Waals surface area (Å²) < 4.78 is 31.8. The Morgan fingerprint density at radius 1 is 1.24 bits per heavy atom. The van der Waals surface area contributed by atoms with E-state index in [0.29, 0.717) is 5.76 Å². The minimum atomic E-state index is -3.54. The van der Waals surface area contributed by atoms with Crippen LogP contribution in [-0.4, -0.2) is 27.2 Å². The molecule has 0 spiro atoms. The van der Waals surface area contributed by atoms with Crippen LogP contribution in [0, 0.1) is 6.92 Å². The summed E-state index contributed by atoms with van der Waals surface area (Å²) in [5.74, 6) is 0.488. The van der Waals surface area contributed by atoms with Crippen molar-refractivity contribution in [3.63, 3.8) is 0 Å². The van der Waals surface area contributed by atoms with Crippen molar-refractivity contribution in [2.24, 2.45) is 0 Å². The second-order valence-electron chi connectivity index (χ2n) is 4.76. The number of hydrogen-bond donors (Lipinski definition) is 2. The molecule has 0 aliphatic heterocycles. The van der Waals surface area contributed by atoms with Crippen molar-refractivity contribution in [2.75, 3.05) is 13.6 Å². The summed E-state index contributed by atoms with van der Waals surface area (Å²) in [6.07, 6.45) is 0.863. The summed E-state index contributed by atoms with van der Waals surface area (Å²) >= 11 is 0. The van der Waals surface area contributed by atoms with Gasteiger partial charge < -0.3 is 9.84 Å². The second-order valence-corrected chi connectivity index (χ2v) is 6.52. The molecule has 1 aromatic heterocycles. The normalized spacial score (nSPS) is 11.7. The average Bonchev–Trinajstić information content (AvgIpc) is 2.89. The lowest BCUT2D eigenvalue weighted by Gasteiger charge is -2.06. The van der Waals surface area contributed by atoms with Crippen LogP contribution in [-0.2, 0) is 23.0 Å². The maximum Gasteiger partial charge on any atom is 0.240 e. The van der Waals surface area contributed by atoms with Gasteiger partial charge in [-0.15, -0.1) is 0 Å². The van der Waals surface area contributed by atoms with Gasteiger partial charge in [0.25, 0.3) is 0 Å². The van der Waals surface area contributed by atoms with Gasteiger partial charge in [-0.1, -0.05) is 17.3 Å². The summed E-state index contributed by atoms with van der Waals surface area (Å²) in [4.78, 5) is 0.243. The Balaban J connectivity index is 2.01. The molecule has 0 radical (unpaired) electrons. The van der Waals surface area contributed by atoms with Crippen LogP contribution in [0.4, 0.5) is 0 Å². The third kappa shape index (κ3) is 4.38. The lowest BCUT2D eigenvalue weighted by Crippen LogP contribution is -2.23. The zero-order valence-electron chi connectivity index (χ0n) is 12.1. The number of nitrogens with zero attached hydrogens (tertiary/aromatic N) is 1. The van der Waals surface area contributed by atoms with Crippen LogP contribution in [0.25, 0.3) is 0 Å². The van der Waals surface area contributed by atoms with E-state index in [1.807, 2.05) is 19.2 Å². The molecule has 1 heterocycles. The van der Waals surface area contributed by atoms with E-state index in [4.69, 9.17) is 4.52 Å². The minimum absolute atomic E-state index is 0.0880. The number of nitrogens with one attached hydrogen (secondary N) is 2. The molecule has 0 fully saturated rings. The van der Waals surface area contributed by atoms with Crippen LogP contribution in [0.3, 0.4) is 0 Å². The molecule has 2 aromatic rings. The van der Waals surface area contributed by atoms with Gasteiger partial charge in [0, 0.05) is 6.07 Å². The van der Waals surface area contributed by atoms with Gasteiger partial charge >= 0.3 is 0 Å². The largest absolute Gasteiger partial charge is 0.360 e. The lowest BCUT2D eigenvalue weighted by atomic mass is 10.1. The molecule has 2 rings (SSSR count). The molecule has 7 heteroatoms. The average molecular weight is 309 g/mol. The summed E-state index contributed by atoms with van der Waals surface area (Å²) in [5, 5.41) is 6.77. The van der Waals surface area contributed by atoms with Crippen LogP contribution in [0.2, 0.25) is 0 Å². The maximum atomic E-state index is 12.2. The second kappa shape index (κ2) is 6.84. The Hall–Kier alpha value is -1.70. The SMILES string of the molecule is CNCCc1ccc(S(=O)(=O)NCc2cc(C)no2)cc1. The van der Waals surface area contributed by atoms with Crippen LogP contribution < -0.4 is 10.0 Å². The molecule has 2 N–H and O–H groups in total. The molecule has 0 atom stereocenters. The van der Waals surface area contributed by atoms with Gasteiger partial charge in [-0.3, -0.25) is 0 Å². The first kappa shape index (κ1) is 15.7. The van der Waals surface area contributed by atoms with Crippen molar-refractivity contribution in [3.8, 4) is 0 Å². The van der Waals surface area contributed by atoms with Crippen molar-refractivity contribution in [3.05, 3.63) is 47.3 Å². The molecule has 0 bridgehead atoms. The molecule has 0 saturated carbocycles. The van der Waals surface area contributed by atoms with Gasteiger partial charge in [0.05, 0.1) is 17.1 Å². The fourth-order valence-electron chi connectivity index (χ4n) is 1.85. The third-order valence-corrected chi connectivity index (χ3v) is 4.43. The third-order valence-electron chi connectivity index (χ3n) is 3.01. The number of aryl methyl sites for hydroxylation is 1. The molecule has 6 nitrogen and oxygen atoms in total. The molecule has 0 aliphatic carbocycles. The summed E-state index contributed by atoms with van der Waals surface area (Å²) in [7, 11) is -1.66. The van der Waals surface area contributed by atoms with E-state index in [9.17, 15) is 8.42 Å². The first-order valence-electron chi connectivity index (χ1n) is 6.66. The van der Waals surface area contributed by atoms with Crippen molar-refractivity contribution < 1.29 is 12.9 Å². The first-order chi connectivity index (χ1) is 10.0. The molecular weight excluding hydrogens is 290 g/mol. The highest BCUT2D eigenvalue weighted by atomic mass is 32.2.